The van der Waals surface area contributed by atoms with Crippen molar-refractivity contribution in [2.45, 2.75) is 97.3 Å². The van der Waals surface area contributed by atoms with Gasteiger partial charge in [-0.05, 0) is 44.8 Å². The molecule has 0 saturated heterocycles. The van der Waals surface area contributed by atoms with Crippen LogP contribution in [0.3, 0.4) is 0 Å². The number of amides is 1. The van der Waals surface area contributed by atoms with E-state index in [-0.39, 0.29) is 17.6 Å². The van der Waals surface area contributed by atoms with Crippen LogP contribution in [0.15, 0.2) is 0 Å². The summed E-state index contributed by atoms with van der Waals surface area (Å²) in [5.74, 6) is -0.573. The zero-order valence-corrected chi connectivity index (χ0v) is 23.7. The molecule has 0 aliphatic carbocycles. The van der Waals surface area contributed by atoms with Gasteiger partial charge in [0.2, 0.25) is 0 Å². The predicted octanol–water partition coefficient (Wildman–Crippen LogP) is 4.03. The summed E-state index contributed by atoms with van der Waals surface area (Å²) in [5, 5.41) is 5.81. The Morgan fingerprint density at radius 1 is 0.969 bits per heavy atom. The lowest BCUT2D eigenvalue weighted by Gasteiger charge is -2.41. The maximum absolute atomic E-state index is 12.7. The summed E-state index contributed by atoms with van der Waals surface area (Å²) >= 11 is 5.60. The molecule has 0 bridgehead atoms. The van der Waals surface area contributed by atoms with E-state index in [0.29, 0.717) is 4.99 Å². The van der Waals surface area contributed by atoms with E-state index in [0.717, 1.165) is 0 Å². The van der Waals surface area contributed by atoms with E-state index in [9.17, 15) is 9.59 Å². The van der Waals surface area contributed by atoms with Crippen molar-refractivity contribution in [1.82, 2.24) is 10.6 Å². The maximum Gasteiger partial charge on any atom is 0.408 e. The Labute approximate surface area is 200 Å². The molecule has 10 heteroatoms. The summed E-state index contributed by atoms with van der Waals surface area (Å²) in [4.78, 5) is 25.4. The van der Waals surface area contributed by atoms with E-state index < -0.39 is 44.2 Å². The quantitative estimate of drug-likeness (QED) is 0.268. The Kier molecular flexibility index (Phi) is 11.8. The maximum atomic E-state index is 12.7. The number of carbonyl (C=O) groups excluding carboxylic acids is 2. The second kappa shape index (κ2) is 12.3. The largest absolute Gasteiger partial charge is 0.467 e. The van der Waals surface area contributed by atoms with Gasteiger partial charge >= 0.3 is 12.1 Å². The first-order valence-corrected chi connectivity index (χ1v) is 14.2. The molecule has 2 unspecified atom stereocenters. The van der Waals surface area contributed by atoms with Crippen molar-refractivity contribution < 1.29 is 28.2 Å². The van der Waals surface area contributed by atoms with Gasteiger partial charge in [0.15, 0.2) is 14.4 Å². The van der Waals surface area contributed by atoms with E-state index in [1.54, 1.807) is 27.9 Å². The van der Waals surface area contributed by atoms with Crippen molar-refractivity contribution >= 4 is 37.6 Å². The third kappa shape index (κ3) is 10.1. The number of methoxy groups -OCH3 is 2. The molecule has 0 aromatic rings. The molecule has 0 rings (SSSR count). The number of ether oxygens (including phenoxy) is 3. The number of carbonyl (C=O) groups is 2. The normalized spacial score (nSPS) is 15.5. The van der Waals surface area contributed by atoms with Crippen LogP contribution in [-0.2, 0) is 23.4 Å². The van der Waals surface area contributed by atoms with Crippen molar-refractivity contribution in [3.8, 4) is 0 Å². The van der Waals surface area contributed by atoms with E-state index in [1.807, 2.05) is 13.8 Å². The van der Waals surface area contributed by atoms with Crippen LogP contribution in [0.2, 0.25) is 18.1 Å². The van der Waals surface area contributed by atoms with Crippen LogP contribution in [0.25, 0.3) is 0 Å². The van der Waals surface area contributed by atoms with Crippen LogP contribution >= 0.6 is 12.2 Å². The third-order valence-corrected chi connectivity index (χ3v) is 10.2. The van der Waals surface area contributed by atoms with Crippen molar-refractivity contribution in [1.29, 1.82) is 0 Å². The first kappa shape index (κ1) is 30.8. The first-order chi connectivity index (χ1) is 14.4. The summed E-state index contributed by atoms with van der Waals surface area (Å²) in [6.45, 7) is 19.9. The van der Waals surface area contributed by atoms with E-state index >= 15 is 0 Å². The molecule has 0 aromatic carbocycles. The van der Waals surface area contributed by atoms with Crippen molar-refractivity contribution in [2.24, 2.45) is 5.92 Å². The molecule has 2 N–H and O–H groups in total. The highest BCUT2D eigenvalue weighted by molar-refractivity contribution is 7.80. The Morgan fingerprint density at radius 2 is 1.50 bits per heavy atom. The monoisotopic (exact) mass is 492 g/mol. The molecule has 0 spiro atoms. The van der Waals surface area contributed by atoms with E-state index in [2.05, 4.69) is 44.5 Å². The number of nitrogens with one attached hydrogen (secondary N) is 2. The lowest BCUT2D eigenvalue weighted by Crippen LogP contribution is -2.60. The zero-order valence-electron chi connectivity index (χ0n) is 21.9. The average Bonchev–Trinajstić information content (AvgIpc) is 2.60. The van der Waals surface area contributed by atoms with Gasteiger partial charge in [0.25, 0.3) is 0 Å². The Morgan fingerprint density at radius 3 is 1.88 bits per heavy atom. The van der Waals surface area contributed by atoms with Gasteiger partial charge in [-0.3, -0.25) is 0 Å². The number of esters is 1. The van der Waals surface area contributed by atoms with Crippen molar-refractivity contribution in [3.63, 3.8) is 0 Å². The second-order valence-corrected chi connectivity index (χ2v) is 15.9. The number of rotatable bonds is 10. The van der Waals surface area contributed by atoms with Crippen LogP contribution in [0.1, 0.15) is 55.4 Å². The molecular weight excluding hydrogens is 448 g/mol. The highest BCUT2D eigenvalue weighted by Crippen LogP contribution is 2.37. The molecule has 188 valence electrons. The van der Waals surface area contributed by atoms with Gasteiger partial charge in [-0.2, -0.15) is 0 Å². The molecule has 0 fully saturated rings. The Hall–Kier alpha value is -1.23. The van der Waals surface area contributed by atoms with Crippen LogP contribution in [0.5, 0.6) is 0 Å². The minimum absolute atomic E-state index is 0.0528. The summed E-state index contributed by atoms with van der Waals surface area (Å²) in [6.07, 6.45) is -1.21. The SMILES string of the molecule is COCC(O[Si](C)(C)C(C)(C)C)C(NC(=S)[C@@H](NC(=O)OC(C)(C)C)C(C)C)C(=O)OC. The molecule has 1 amide bonds. The van der Waals surface area contributed by atoms with Crippen molar-refractivity contribution in [3.05, 3.63) is 0 Å². The van der Waals surface area contributed by atoms with Gasteiger partial charge < -0.3 is 29.3 Å². The van der Waals surface area contributed by atoms with Gasteiger partial charge in [0, 0.05) is 7.11 Å². The fourth-order valence-electron chi connectivity index (χ4n) is 2.56. The third-order valence-electron chi connectivity index (χ3n) is 5.33. The number of hydrogen-bond acceptors (Lipinski definition) is 7. The van der Waals surface area contributed by atoms with Crippen molar-refractivity contribution in [2.75, 3.05) is 20.8 Å². The molecule has 3 atom stereocenters. The van der Waals surface area contributed by atoms with Crippen LogP contribution in [0.4, 0.5) is 4.79 Å². The smallest absolute Gasteiger partial charge is 0.408 e. The zero-order chi connectivity index (χ0) is 25.5. The van der Waals surface area contributed by atoms with Gasteiger partial charge in [-0.1, -0.05) is 46.8 Å². The molecule has 0 aliphatic rings. The fourth-order valence-corrected chi connectivity index (χ4v) is 4.33. The van der Waals surface area contributed by atoms with E-state index in [1.165, 1.54) is 7.11 Å². The highest BCUT2D eigenvalue weighted by Gasteiger charge is 2.43. The molecule has 0 radical (unpaired) electrons. The molecular formula is C22H44N2O6SSi. The molecule has 8 nitrogen and oxygen atoms in total. The molecule has 0 aliphatic heterocycles. The van der Waals surface area contributed by atoms with Gasteiger partial charge in [-0.25, -0.2) is 9.59 Å². The average molecular weight is 493 g/mol. The molecule has 0 saturated carbocycles. The molecule has 0 heterocycles. The summed E-state index contributed by atoms with van der Waals surface area (Å²) < 4.78 is 22.3. The summed E-state index contributed by atoms with van der Waals surface area (Å²) in [5.41, 5.74) is -0.643. The highest BCUT2D eigenvalue weighted by atomic mass is 32.1. The van der Waals surface area contributed by atoms with Crippen LogP contribution < -0.4 is 10.6 Å². The minimum Gasteiger partial charge on any atom is -0.467 e. The van der Waals surface area contributed by atoms with Gasteiger partial charge in [-0.15, -0.1) is 0 Å². The summed E-state index contributed by atoms with van der Waals surface area (Å²) in [6, 6.07) is -1.45. The van der Waals surface area contributed by atoms with Gasteiger partial charge in [0.1, 0.15) is 5.60 Å². The topological polar surface area (TPSA) is 95.1 Å². The minimum atomic E-state index is -2.24. The Balaban J connectivity index is 5.78. The molecule has 0 aromatic heterocycles. The van der Waals surface area contributed by atoms with Crippen LogP contribution in [-0.4, -0.2) is 70.0 Å². The predicted molar refractivity (Wildman–Crippen MR) is 133 cm³/mol. The summed E-state index contributed by atoms with van der Waals surface area (Å²) in [7, 11) is 0.625. The fraction of sp³-hybridized carbons (Fsp3) is 0.864. The van der Waals surface area contributed by atoms with E-state index in [4.69, 9.17) is 30.9 Å². The lowest BCUT2D eigenvalue weighted by atomic mass is 10.0. The molecule has 32 heavy (non-hydrogen) atoms. The van der Waals surface area contributed by atoms with Gasteiger partial charge in [0.05, 0.1) is 30.9 Å². The number of thiocarbonyl (C=S) groups is 1. The van der Waals surface area contributed by atoms with Crippen LogP contribution in [0, 0.1) is 5.92 Å². The number of hydrogen-bond donors (Lipinski definition) is 2. The second-order valence-electron chi connectivity index (χ2n) is 10.7. The first-order valence-electron chi connectivity index (χ1n) is 10.9. The number of alkyl carbamates (subject to hydrolysis) is 1. The standard InChI is InChI=1S/C22H44N2O6SSi/c1-14(2)16(24-20(26)29-21(3,4)5)18(31)23-17(19(25)28-10)15(13-27-9)30-32(11,12)22(6,7)8/h14-17H,13H2,1-12H3,(H,23,31)(H,24,26)/t15?,16-,17?/m0/s1. The lowest BCUT2D eigenvalue weighted by molar-refractivity contribution is -0.146. The Bertz CT molecular complexity index is 643.